The molecule has 0 amide bonds. The van der Waals surface area contributed by atoms with Crippen molar-refractivity contribution in [3.8, 4) is 0 Å². The SMILES string of the molecule is COCC(O)CN(C)S(=O)(=O)c1c(C)c(C)cc(N)c1C. The minimum absolute atomic E-state index is 0.0388. The van der Waals surface area contributed by atoms with Crippen LogP contribution in [0.15, 0.2) is 11.0 Å². The third-order valence-electron chi connectivity index (χ3n) is 3.57. The van der Waals surface area contributed by atoms with Gasteiger partial charge in [0.1, 0.15) is 0 Å². The van der Waals surface area contributed by atoms with Gasteiger partial charge in [0.15, 0.2) is 0 Å². The number of methoxy groups -OCH3 is 1. The summed E-state index contributed by atoms with van der Waals surface area (Å²) in [6.07, 6.45) is -0.877. The fourth-order valence-corrected chi connectivity index (χ4v) is 3.96. The van der Waals surface area contributed by atoms with Gasteiger partial charge in [0.2, 0.25) is 10.0 Å². The number of anilines is 1. The Balaban J connectivity index is 3.26. The highest BCUT2D eigenvalue weighted by Crippen LogP contribution is 2.29. The van der Waals surface area contributed by atoms with Crippen molar-refractivity contribution in [1.82, 2.24) is 4.31 Å². The maximum Gasteiger partial charge on any atom is 0.243 e. The van der Waals surface area contributed by atoms with E-state index in [1.807, 2.05) is 6.92 Å². The number of ether oxygens (including phenoxy) is 1. The van der Waals surface area contributed by atoms with Crippen LogP contribution in [0.3, 0.4) is 0 Å². The highest BCUT2D eigenvalue weighted by Gasteiger charge is 2.28. The molecule has 1 unspecified atom stereocenters. The standard InChI is InChI=1S/C14H24N2O4S/c1-9-6-13(15)11(3)14(10(9)2)21(18,19)16(4)7-12(17)8-20-5/h6,12,17H,7-8,15H2,1-5H3. The molecule has 0 fully saturated rings. The summed E-state index contributed by atoms with van der Waals surface area (Å²) in [5, 5.41) is 9.72. The van der Waals surface area contributed by atoms with Crippen LogP contribution < -0.4 is 5.73 Å². The van der Waals surface area contributed by atoms with Crippen molar-refractivity contribution in [3.05, 3.63) is 22.8 Å². The highest BCUT2D eigenvalue weighted by atomic mass is 32.2. The average molecular weight is 316 g/mol. The largest absolute Gasteiger partial charge is 0.398 e. The van der Waals surface area contributed by atoms with E-state index in [2.05, 4.69) is 0 Å². The number of aryl methyl sites for hydroxylation is 1. The molecule has 0 saturated heterocycles. The predicted octanol–water partition coefficient (Wildman–Crippen LogP) is 0.822. The molecule has 1 atom stereocenters. The van der Waals surface area contributed by atoms with E-state index in [9.17, 15) is 13.5 Å². The molecule has 0 aliphatic heterocycles. The van der Waals surface area contributed by atoms with Gasteiger partial charge < -0.3 is 15.6 Å². The molecule has 0 aromatic heterocycles. The van der Waals surface area contributed by atoms with Gasteiger partial charge in [0.25, 0.3) is 0 Å². The fraction of sp³-hybridized carbons (Fsp3) is 0.571. The maximum atomic E-state index is 12.7. The second kappa shape index (κ2) is 6.74. The highest BCUT2D eigenvalue weighted by molar-refractivity contribution is 7.89. The first-order chi connectivity index (χ1) is 9.62. The van der Waals surface area contributed by atoms with Crippen LogP contribution in [-0.4, -0.2) is 51.2 Å². The number of hydrogen-bond acceptors (Lipinski definition) is 5. The van der Waals surface area contributed by atoms with Gasteiger partial charge in [0, 0.05) is 26.4 Å². The van der Waals surface area contributed by atoms with Crippen LogP contribution in [0.2, 0.25) is 0 Å². The first-order valence-electron chi connectivity index (χ1n) is 6.62. The summed E-state index contributed by atoms with van der Waals surface area (Å²) in [4.78, 5) is 0.215. The number of nitrogen functional groups attached to an aromatic ring is 1. The Labute approximate surface area is 126 Å². The quantitative estimate of drug-likeness (QED) is 0.758. The van der Waals surface area contributed by atoms with E-state index < -0.39 is 16.1 Å². The Morgan fingerprint density at radius 3 is 2.43 bits per heavy atom. The van der Waals surface area contributed by atoms with Crippen LogP contribution in [-0.2, 0) is 14.8 Å². The Kier molecular flexibility index (Phi) is 5.75. The van der Waals surface area contributed by atoms with Crippen LogP contribution >= 0.6 is 0 Å². The van der Waals surface area contributed by atoms with Gasteiger partial charge in [-0.25, -0.2) is 8.42 Å². The fourth-order valence-electron chi connectivity index (χ4n) is 2.22. The Morgan fingerprint density at radius 1 is 1.33 bits per heavy atom. The third kappa shape index (κ3) is 3.74. The van der Waals surface area contributed by atoms with Gasteiger partial charge in [-0.05, 0) is 43.5 Å². The molecule has 0 aliphatic rings. The molecule has 0 radical (unpaired) electrons. The molecule has 1 aromatic carbocycles. The van der Waals surface area contributed by atoms with Crippen LogP contribution in [0, 0.1) is 20.8 Å². The van der Waals surface area contributed by atoms with Gasteiger partial charge in [-0.3, -0.25) is 0 Å². The Bertz CT molecular complexity index is 588. The number of benzene rings is 1. The number of aliphatic hydroxyl groups is 1. The molecule has 21 heavy (non-hydrogen) atoms. The Hall–Kier alpha value is -1.15. The number of nitrogens with zero attached hydrogens (tertiary/aromatic N) is 1. The van der Waals surface area contributed by atoms with E-state index in [1.54, 1.807) is 19.9 Å². The molecule has 0 saturated carbocycles. The molecule has 0 aliphatic carbocycles. The van der Waals surface area contributed by atoms with Crippen molar-refractivity contribution < 1.29 is 18.3 Å². The molecule has 1 aromatic rings. The first-order valence-corrected chi connectivity index (χ1v) is 8.06. The van der Waals surface area contributed by atoms with E-state index in [1.165, 1.54) is 14.2 Å². The van der Waals surface area contributed by atoms with Crippen LogP contribution in [0.5, 0.6) is 0 Å². The summed E-state index contributed by atoms with van der Waals surface area (Å²) >= 11 is 0. The van der Waals surface area contributed by atoms with Gasteiger partial charge in [0.05, 0.1) is 17.6 Å². The van der Waals surface area contributed by atoms with Crippen molar-refractivity contribution in [3.63, 3.8) is 0 Å². The minimum Gasteiger partial charge on any atom is -0.398 e. The number of aliphatic hydroxyl groups excluding tert-OH is 1. The zero-order valence-corrected chi connectivity index (χ0v) is 14.0. The van der Waals surface area contributed by atoms with E-state index in [4.69, 9.17) is 10.5 Å². The molecule has 6 nitrogen and oxygen atoms in total. The summed E-state index contributed by atoms with van der Waals surface area (Å²) < 4.78 is 31.4. The maximum absolute atomic E-state index is 12.7. The topological polar surface area (TPSA) is 92.9 Å². The van der Waals surface area contributed by atoms with Crippen molar-refractivity contribution in [1.29, 1.82) is 0 Å². The summed E-state index contributed by atoms with van der Waals surface area (Å²) in [5.74, 6) is 0. The predicted molar refractivity (Wildman–Crippen MR) is 82.8 cm³/mol. The second-order valence-corrected chi connectivity index (χ2v) is 7.24. The first kappa shape index (κ1) is 17.9. The van der Waals surface area contributed by atoms with Gasteiger partial charge >= 0.3 is 0 Å². The lowest BCUT2D eigenvalue weighted by Gasteiger charge is -2.23. The molecular formula is C14H24N2O4S. The average Bonchev–Trinajstić information content (AvgIpc) is 2.36. The van der Waals surface area contributed by atoms with Crippen molar-refractivity contribution in [2.45, 2.75) is 31.8 Å². The number of rotatable bonds is 6. The summed E-state index contributed by atoms with van der Waals surface area (Å²) in [6.45, 7) is 5.31. The molecule has 120 valence electrons. The molecule has 3 N–H and O–H groups in total. The minimum atomic E-state index is -3.72. The van der Waals surface area contributed by atoms with Gasteiger partial charge in [-0.1, -0.05) is 0 Å². The molecule has 7 heteroatoms. The van der Waals surface area contributed by atoms with E-state index in [0.717, 1.165) is 9.87 Å². The van der Waals surface area contributed by atoms with Crippen molar-refractivity contribution in [2.24, 2.45) is 0 Å². The molecule has 0 bridgehead atoms. The van der Waals surface area contributed by atoms with E-state index in [0.29, 0.717) is 16.8 Å². The van der Waals surface area contributed by atoms with Crippen LogP contribution in [0.4, 0.5) is 5.69 Å². The molecule has 1 rings (SSSR count). The summed E-state index contributed by atoms with van der Waals surface area (Å²) in [5.41, 5.74) is 8.36. The zero-order chi connectivity index (χ0) is 16.4. The van der Waals surface area contributed by atoms with Crippen molar-refractivity contribution in [2.75, 3.05) is 33.0 Å². The summed E-state index contributed by atoms with van der Waals surface area (Å²) in [6, 6.07) is 1.77. The van der Waals surface area contributed by atoms with Crippen LogP contribution in [0.1, 0.15) is 16.7 Å². The number of sulfonamides is 1. The monoisotopic (exact) mass is 316 g/mol. The number of nitrogens with two attached hydrogens (primary N) is 1. The third-order valence-corrected chi connectivity index (χ3v) is 5.67. The molecule has 0 spiro atoms. The normalized spacial score (nSPS) is 13.7. The molecular weight excluding hydrogens is 292 g/mol. The lowest BCUT2D eigenvalue weighted by atomic mass is 10.1. The van der Waals surface area contributed by atoms with Gasteiger partial charge in [-0.2, -0.15) is 4.31 Å². The lowest BCUT2D eigenvalue weighted by molar-refractivity contribution is 0.0554. The van der Waals surface area contributed by atoms with Gasteiger partial charge in [-0.15, -0.1) is 0 Å². The van der Waals surface area contributed by atoms with Crippen LogP contribution in [0.25, 0.3) is 0 Å². The second-order valence-electron chi connectivity index (χ2n) is 5.26. The Morgan fingerprint density at radius 2 is 1.90 bits per heavy atom. The lowest BCUT2D eigenvalue weighted by Crippen LogP contribution is -2.37. The number of likely N-dealkylation sites (N-methyl/N-ethyl adjacent to an activating group) is 1. The zero-order valence-electron chi connectivity index (χ0n) is 13.2. The number of hydrogen-bond donors (Lipinski definition) is 2. The van der Waals surface area contributed by atoms with E-state index in [-0.39, 0.29) is 18.0 Å². The van der Waals surface area contributed by atoms with Crippen molar-refractivity contribution >= 4 is 15.7 Å². The molecule has 0 heterocycles. The summed E-state index contributed by atoms with van der Waals surface area (Å²) in [7, 11) is -0.833. The smallest absolute Gasteiger partial charge is 0.243 e. The van der Waals surface area contributed by atoms with E-state index >= 15 is 0 Å².